The Kier molecular flexibility index (Phi) is 5.14. The molecule has 3 aromatic rings. The van der Waals surface area contributed by atoms with Crippen LogP contribution in [0.5, 0.6) is 0 Å². The van der Waals surface area contributed by atoms with Gasteiger partial charge in [-0.25, -0.2) is 0 Å². The van der Waals surface area contributed by atoms with Crippen molar-refractivity contribution in [3.63, 3.8) is 0 Å². The number of benzene rings is 2. The minimum absolute atomic E-state index is 0.261. The van der Waals surface area contributed by atoms with Crippen LogP contribution in [-0.4, -0.2) is 33.3 Å². The van der Waals surface area contributed by atoms with Crippen LogP contribution in [-0.2, 0) is 13.1 Å². The molecule has 138 valence electrons. The molecule has 0 bridgehead atoms. The third-order valence-electron chi connectivity index (χ3n) is 5.04. The number of rotatable bonds is 8. The lowest BCUT2D eigenvalue weighted by Gasteiger charge is -2.04. The Labute approximate surface area is 158 Å². The molecule has 0 spiro atoms. The number of nitrogens with one attached hydrogen (secondary N) is 1. The second-order valence-corrected chi connectivity index (χ2v) is 7.06. The summed E-state index contributed by atoms with van der Waals surface area (Å²) in [4.78, 5) is 11.5. The molecule has 2 unspecified atom stereocenters. The standard InChI is InChI=1S/C22H23N3O2/c26-15-22(27)19-8-6-16(7-9-19)13-25-14-17(12-24-25)11-23-21-10-20(21)18-4-2-1-3-5-18/h1-9,12,14,20-21,23,26H,10-11,13,15H2. The number of ketones is 1. The number of carbonyl (C=O) groups is 1. The first-order chi connectivity index (χ1) is 13.2. The van der Waals surface area contributed by atoms with Crippen LogP contribution in [0, 0.1) is 0 Å². The molecule has 0 saturated heterocycles. The summed E-state index contributed by atoms with van der Waals surface area (Å²) in [6.07, 6.45) is 5.15. The monoisotopic (exact) mass is 361 g/mol. The van der Waals surface area contributed by atoms with Crippen molar-refractivity contribution < 1.29 is 9.90 Å². The highest BCUT2D eigenvalue weighted by molar-refractivity contribution is 5.96. The SMILES string of the molecule is O=C(CO)c1ccc(Cn2cc(CNC3CC3c3ccccc3)cn2)cc1. The second-order valence-electron chi connectivity index (χ2n) is 7.06. The van der Waals surface area contributed by atoms with Crippen LogP contribution >= 0.6 is 0 Å². The van der Waals surface area contributed by atoms with Gasteiger partial charge in [0.1, 0.15) is 6.61 Å². The van der Waals surface area contributed by atoms with E-state index in [0.717, 1.165) is 12.1 Å². The van der Waals surface area contributed by atoms with Crippen LogP contribution in [0.4, 0.5) is 0 Å². The first-order valence-corrected chi connectivity index (χ1v) is 9.25. The summed E-state index contributed by atoms with van der Waals surface area (Å²) in [6, 6.07) is 18.5. The number of aromatic nitrogens is 2. The van der Waals surface area contributed by atoms with E-state index in [4.69, 9.17) is 5.11 Å². The summed E-state index contributed by atoms with van der Waals surface area (Å²) < 4.78 is 1.90. The molecule has 2 atom stereocenters. The molecule has 0 amide bonds. The lowest BCUT2D eigenvalue weighted by atomic mass is 10.1. The molecule has 1 aromatic heterocycles. The molecule has 2 N–H and O–H groups in total. The van der Waals surface area contributed by atoms with Gasteiger partial charge in [0.2, 0.25) is 0 Å². The predicted octanol–water partition coefficient (Wildman–Crippen LogP) is 2.75. The Hall–Kier alpha value is -2.76. The fourth-order valence-electron chi connectivity index (χ4n) is 3.40. The van der Waals surface area contributed by atoms with Gasteiger partial charge in [-0.1, -0.05) is 54.6 Å². The number of aliphatic hydroxyl groups excluding tert-OH is 1. The summed E-state index contributed by atoms with van der Waals surface area (Å²) in [6.45, 7) is 1.02. The Bertz CT molecular complexity index is 903. The Morgan fingerprint density at radius 1 is 1.11 bits per heavy atom. The topological polar surface area (TPSA) is 67.2 Å². The van der Waals surface area contributed by atoms with Crippen LogP contribution in [0.2, 0.25) is 0 Å². The van der Waals surface area contributed by atoms with E-state index in [9.17, 15) is 4.79 Å². The largest absolute Gasteiger partial charge is 0.388 e. The second kappa shape index (κ2) is 7.86. The average molecular weight is 361 g/mol. The molecule has 0 radical (unpaired) electrons. The zero-order chi connectivity index (χ0) is 18.6. The smallest absolute Gasteiger partial charge is 0.188 e. The van der Waals surface area contributed by atoms with Crippen molar-refractivity contribution in [3.8, 4) is 0 Å². The van der Waals surface area contributed by atoms with Gasteiger partial charge in [0.15, 0.2) is 5.78 Å². The molecule has 5 nitrogen and oxygen atoms in total. The highest BCUT2D eigenvalue weighted by atomic mass is 16.3. The lowest BCUT2D eigenvalue weighted by Crippen LogP contribution is -2.16. The third kappa shape index (κ3) is 4.32. The number of nitrogens with zero attached hydrogens (tertiary/aromatic N) is 2. The van der Waals surface area contributed by atoms with Gasteiger partial charge in [0, 0.05) is 35.8 Å². The number of carbonyl (C=O) groups excluding carboxylic acids is 1. The first kappa shape index (κ1) is 17.6. The third-order valence-corrected chi connectivity index (χ3v) is 5.04. The van der Waals surface area contributed by atoms with E-state index in [1.807, 2.05) is 23.0 Å². The predicted molar refractivity (Wildman–Crippen MR) is 104 cm³/mol. The van der Waals surface area contributed by atoms with Crippen molar-refractivity contribution in [1.82, 2.24) is 15.1 Å². The quantitative estimate of drug-likeness (QED) is 0.606. The van der Waals surface area contributed by atoms with Crippen molar-refractivity contribution >= 4 is 5.78 Å². The zero-order valence-electron chi connectivity index (χ0n) is 15.1. The van der Waals surface area contributed by atoms with Gasteiger partial charge < -0.3 is 10.4 Å². The summed E-state index contributed by atoms with van der Waals surface area (Å²) in [5, 5.41) is 16.9. The van der Waals surface area contributed by atoms with Crippen LogP contribution in [0.3, 0.4) is 0 Å². The summed E-state index contributed by atoms with van der Waals surface area (Å²) >= 11 is 0. The molecule has 1 aliphatic rings. The normalized spacial score (nSPS) is 18.4. The molecule has 2 aromatic carbocycles. The van der Waals surface area contributed by atoms with Crippen molar-refractivity contribution in [2.24, 2.45) is 0 Å². The summed E-state index contributed by atoms with van der Waals surface area (Å²) in [5.41, 5.74) is 4.18. The van der Waals surface area contributed by atoms with Crippen molar-refractivity contribution in [3.05, 3.63) is 89.2 Å². The highest BCUT2D eigenvalue weighted by Crippen LogP contribution is 2.40. The first-order valence-electron chi connectivity index (χ1n) is 9.25. The molecule has 1 saturated carbocycles. The molecule has 4 rings (SSSR count). The number of hydrogen-bond donors (Lipinski definition) is 2. The molecule has 1 fully saturated rings. The van der Waals surface area contributed by atoms with E-state index in [1.165, 1.54) is 17.5 Å². The number of Topliss-reactive ketones (excluding diaryl/α,β-unsaturated/α-hetero) is 1. The Morgan fingerprint density at radius 2 is 1.89 bits per heavy atom. The highest BCUT2D eigenvalue weighted by Gasteiger charge is 2.37. The maximum Gasteiger partial charge on any atom is 0.188 e. The lowest BCUT2D eigenvalue weighted by molar-refractivity contribution is 0.0903. The minimum atomic E-state index is -0.457. The molecule has 27 heavy (non-hydrogen) atoms. The fraction of sp³-hybridized carbons (Fsp3) is 0.273. The fourth-order valence-corrected chi connectivity index (χ4v) is 3.40. The van der Waals surface area contributed by atoms with Gasteiger partial charge in [-0.2, -0.15) is 5.10 Å². The van der Waals surface area contributed by atoms with Gasteiger partial charge >= 0.3 is 0 Å². The Morgan fingerprint density at radius 3 is 2.63 bits per heavy atom. The average Bonchev–Trinajstić information content (AvgIpc) is 3.37. The van der Waals surface area contributed by atoms with Crippen LogP contribution in [0.15, 0.2) is 67.0 Å². The maximum atomic E-state index is 11.5. The molecular formula is C22H23N3O2. The summed E-state index contributed by atoms with van der Waals surface area (Å²) in [5.74, 6) is 0.365. The van der Waals surface area contributed by atoms with Crippen LogP contribution < -0.4 is 5.32 Å². The molecule has 1 aliphatic carbocycles. The number of aliphatic hydroxyl groups is 1. The number of hydrogen-bond acceptors (Lipinski definition) is 4. The van der Waals surface area contributed by atoms with E-state index in [1.54, 1.807) is 12.1 Å². The zero-order valence-corrected chi connectivity index (χ0v) is 15.1. The van der Waals surface area contributed by atoms with Crippen molar-refractivity contribution in [2.45, 2.75) is 31.5 Å². The van der Waals surface area contributed by atoms with E-state index in [0.29, 0.717) is 24.1 Å². The van der Waals surface area contributed by atoms with E-state index in [2.05, 4.69) is 46.9 Å². The van der Waals surface area contributed by atoms with Crippen LogP contribution in [0.25, 0.3) is 0 Å². The van der Waals surface area contributed by atoms with Gasteiger partial charge in [0.25, 0.3) is 0 Å². The maximum absolute atomic E-state index is 11.5. The minimum Gasteiger partial charge on any atom is -0.388 e. The van der Waals surface area contributed by atoms with Gasteiger partial charge in [-0.3, -0.25) is 9.48 Å². The van der Waals surface area contributed by atoms with E-state index in [-0.39, 0.29) is 5.78 Å². The van der Waals surface area contributed by atoms with Crippen molar-refractivity contribution in [1.29, 1.82) is 0 Å². The molecule has 1 heterocycles. The molecular weight excluding hydrogens is 338 g/mol. The molecule has 5 heteroatoms. The Balaban J connectivity index is 1.28. The van der Waals surface area contributed by atoms with Gasteiger partial charge in [-0.15, -0.1) is 0 Å². The van der Waals surface area contributed by atoms with Crippen LogP contribution in [0.1, 0.15) is 39.4 Å². The van der Waals surface area contributed by atoms with E-state index >= 15 is 0 Å². The summed E-state index contributed by atoms with van der Waals surface area (Å²) in [7, 11) is 0. The van der Waals surface area contributed by atoms with Gasteiger partial charge in [0.05, 0.1) is 12.7 Å². The molecule has 0 aliphatic heterocycles. The van der Waals surface area contributed by atoms with E-state index < -0.39 is 6.61 Å². The van der Waals surface area contributed by atoms with Crippen molar-refractivity contribution in [2.75, 3.05) is 6.61 Å². The van der Waals surface area contributed by atoms with Gasteiger partial charge in [-0.05, 0) is 17.5 Å².